The van der Waals surface area contributed by atoms with Crippen molar-refractivity contribution in [2.45, 2.75) is 24.3 Å². The lowest BCUT2D eigenvalue weighted by atomic mass is 9.59. The van der Waals surface area contributed by atoms with Crippen LogP contribution in [0.2, 0.25) is 0 Å². The van der Waals surface area contributed by atoms with E-state index >= 15 is 0 Å². The Hall–Kier alpha value is -0.860. The molecule has 1 aromatic carbocycles. The van der Waals surface area contributed by atoms with E-state index in [0.29, 0.717) is 6.04 Å². The Morgan fingerprint density at radius 2 is 1.80 bits per heavy atom. The minimum atomic E-state index is 0.289. The zero-order valence-electron chi connectivity index (χ0n) is 8.86. The number of hydrogen-bond donors (Lipinski definition) is 1. The van der Waals surface area contributed by atoms with E-state index in [-0.39, 0.29) is 5.41 Å². The number of rotatable bonds is 2. The molecule has 1 heterocycles. The third-order valence-corrected chi connectivity index (χ3v) is 4.02. The summed E-state index contributed by atoms with van der Waals surface area (Å²) in [6, 6.07) is 11.2. The van der Waals surface area contributed by atoms with E-state index in [0.717, 1.165) is 32.0 Å². The number of hydrogen-bond acceptors (Lipinski definition) is 2. The van der Waals surface area contributed by atoms with Gasteiger partial charge in [0.15, 0.2) is 0 Å². The molecule has 1 aromatic rings. The molecule has 0 unspecified atom stereocenters. The van der Waals surface area contributed by atoms with Crippen LogP contribution in [0.15, 0.2) is 30.3 Å². The van der Waals surface area contributed by atoms with E-state index in [2.05, 4.69) is 30.3 Å². The van der Waals surface area contributed by atoms with Crippen molar-refractivity contribution in [3.63, 3.8) is 0 Å². The predicted octanol–water partition coefficient (Wildman–Crippen LogP) is 1.69. The van der Waals surface area contributed by atoms with E-state index < -0.39 is 0 Å². The third-order valence-electron chi connectivity index (χ3n) is 4.02. The molecule has 2 N–H and O–H groups in total. The summed E-state index contributed by atoms with van der Waals surface area (Å²) in [5.41, 5.74) is 7.61. The Balaban J connectivity index is 1.87. The lowest BCUT2D eigenvalue weighted by Crippen LogP contribution is -2.58. The normalized spacial score (nSPS) is 32.9. The highest BCUT2D eigenvalue weighted by molar-refractivity contribution is 5.30. The van der Waals surface area contributed by atoms with E-state index in [9.17, 15) is 0 Å². The summed E-state index contributed by atoms with van der Waals surface area (Å²) in [4.78, 5) is 0. The van der Waals surface area contributed by atoms with Crippen molar-refractivity contribution in [3.8, 4) is 0 Å². The molecule has 0 radical (unpaired) electrons. The topological polar surface area (TPSA) is 35.2 Å². The van der Waals surface area contributed by atoms with Crippen LogP contribution in [0.4, 0.5) is 0 Å². The summed E-state index contributed by atoms with van der Waals surface area (Å²) < 4.78 is 5.44. The van der Waals surface area contributed by atoms with Gasteiger partial charge in [0.25, 0.3) is 0 Å². The maximum atomic E-state index is 5.88. The molecule has 15 heavy (non-hydrogen) atoms. The highest BCUT2D eigenvalue weighted by atomic mass is 16.5. The van der Waals surface area contributed by atoms with Crippen molar-refractivity contribution < 1.29 is 4.74 Å². The van der Waals surface area contributed by atoms with Gasteiger partial charge in [-0.2, -0.15) is 0 Å². The van der Waals surface area contributed by atoms with Gasteiger partial charge in [0.2, 0.25) is 0 Å². The van der Waals surface area contributed by atoms with Crippen molar-refractivity contribution in [2.75, 3.05) is 13.2 Å². The first-order valence-electron chi connectivity index (χ1n) is 5.70. The van der Waals surface area contributed by atoms with Crippen LogP contribution in [-0.2, 0) is 10.2 Å². The van der Waals surface area contributed by atoms with Gasteiger partial charge < -0.3 is 10.5 Å². The Morgan fingerprint density at radius 1 is 1.13 bits per heavy atom. The van der Waals surface area contributed by atoms with E-state index in [4.69, 9.17) is 10.5 Å². The van der Waals surface area contributed by atoms with Crippen LogP contribution >= 0.6 is 0 Å². The minimum absolute atomic E-state index is 0.289. The van der Waals surface area contributed by atoms with Crippen LogP contribution in [0, 0.1) is 5.92 Å². The molecule has 1 saturated heterocycles. The SMILES string of the molecule is NC1CC(C2(c3ccccc3)COC2)C1. The van der Waals surface area contributed by atoms with Crippen LogP contribution in [0.25, 0.3) is 0 Å². The molecule has 3 rings (SSSR count). The van der Waals surface area contributed by atoms with Crippen molar-refractivity contribution >= 4 is 0 Å². The molecular formula is C13H17NO. The summed E-state index contributed by atoms with van der Waals surface area (Å²) in [5.74, 6) is 0.739. The van der Waals surface area contributed by atoms with Gasteiger partial charge in [0.1, 0.15) is 0 Å². The second kappa shape index (κ2) is 3.32. The quantitative estimate of drug-likeness (QED) is 0.794. The summed E-state index contributed by atoms with van der Waals surface area (Å²) in [7, 11) is 0. The summed E-state index contributed by atoms with van der Waals surface area (Å²) in [5, 5.41) is 0. The summed E-state index contributed by atoms with van der Waals surface area (Å²) in [6.45, 7) is 1.77. The summed E-state index contributed by atoms with van der Waals surface area (Å²) >= 11 is 0. The maximum Gasteiger partial charge on any atom is 0.0588 e. The van der Waals surface area contributed by atoms with Crippen LogP contribution in [0.3, 0.4) is 0 Å². The molecule has 2 aliphatic rings. The largest absolute Gasteiger partial charge is 0.379 e. The van der Waals surface area contributed by atoms with Crippen LogP contribution in [0.5, 0.6) is 0 Å². The Morgan fingerprint density at radius 3 is 2.27 bits per heavy atom. The average Bonchev–Trinajstić information content (AvgIpc) is 2.15. The zero-order valence-corrected chi connectivity index (χ0v) is 8.86. The molecule has 0 amide bonds. The van der Waals surface area contributed by atoms with E-state index in [1.54, 1.807) is 0 Å². The van der Waals surface area contributed by atoms with Crippen molar-refractivity contribution in [1.29, 1.82) is 0 Å². The van der Waals surface area contributed by atoms with Gasteiger partial charge >= 0.3 is 0 Å². The summed E-state index contributed by atoms with van der Waals surface area (Å²) in [6.07, 6.45) is 2.33. The highest BCUT2D eigenvalue weighted by Gasteiger charge is 2.50. The van der Waals surface area contributed by atoms with Crippen LogP contribution in [-0.4, -0.2) is 19.3 Å². The van der Waals surface area contributed by atoms with Gasteiger partial charge in [-0.15, -0.1) is 0 Å². The molecule has 80 valence electrons. The van der Waals surface area contributed by atoms with Gasteiger partial charge in [0.05, 0.1) is 13.2 Å². The molecule has 0 aromatic heterocycles. The molecule has 2 fully saturated rings. The van der Waals surface area contributed by atoms with Gasteiger partial charge in [0, 0.05) is 11.5 Å². The van der Waals surface area contributed by atoms with E-state index in [1.807, 2.05) is 0 Å². The first-order valence-corrected chi connectivity index (χ1v) is 5.70. The Bertz CT molecular complexity index is 339. The second-order valence-electron chi connectivity index (χ2n) is 4.94. The minimum Gasteiger partial charge on any atom is -0.379 e. The molecule has 0 bridgehead atoms. The first-order chi connectivity index (χ1) is 7.31. The highest BCUT2D eigenvalue weighted by Crippen LogP contribution is 2.48. The fraction of sp³-hybridized carbons (Fsp3) is 0.538. The average molecular weight is 203 g/mol. The Labute approximate surface area is 90.4 Å². The van der Waals surface area contributed by atoms with Gasteiger partial charge in [-0.05, 0) is 24.3 Å². The standard InChI is InChI=1S/C13H17NO/c14-12-6-11(7-12)13(8-15-9-13)10-4-2-1-3-5-10/h1-5,11-12H,6-9,14H2. The second-order valence-corrected chi connectivity index (χ2v) is 4.94. The third kappa shape index (κ3) is 1.32. The molecule has 1 saturated carbocycles. The van der Waals surface area contributed by atoms with Crippen molar-refractivity contribution in [3.05, 3.63) is 35.9 Å². The smallest absolute Gasteiger partial charge is 0.0588 e. The Kier molecular flexibility index (Phi) is 2.08. The van der Waals surface area contributed by atoms with Crippen LogP contribution < -0.4 is 5.73 Å². The predicted molar refractivity (Wildman–Crippen MR) is 59.6 cm³/mol. The monoisotopic (exact) mass is 203 g/mol. The molecular weight excluding hydrogens is 186 g/mol. The van der Waals surface area contributed by atoms with Gasteiger partial charge in [-0.1, -0.05) is 30.3 Å². The maximum absolute atomic E-state index is 5.88. The van der Waals surface area contributed by atoms with Crippen molar-refractivity contribution in [2.24, 2.45) is 11.7 Å². The number of benzene rings is 1. The molecule has 0 spiro atoms. The molecule has 0 atom stereocenters. The van der Waals surface area contributed by atoms with Gasteiger partial charge in [-0.25, -0.2) is 0 Å². The number of nitrogens with two attached hydrogens (primary N) is 1. The molecule has 2 nitrogen and oxygen atoms in total. The van der Waals surface area contributed by atoms with Gasteiger partial charge in [-0.3, -0.25) is 0 Å². The number of ether oxygens (including phenoxy) is 1. The molecule has 1 aliphatic heterocycles. The lowest BCUT2D eigenvalue weighted by Gasteiger charge is -2.53. The van der Waals surface area contributed by atoms with Crippen molar-refractivity contribution in [1.82, 2.24) is 0 Å². The fourth-order valence-corrected chi connectivity index (χ4v) is 2.84. The molecule has 1 aliphatic carbocycles. The van der Waals surface area contributed by atoms with Crippen LogP contribution in [0.1, 0.15) is 18.4 Å². The fourth-order valence-electron chi connectivity index (χ4n) is 2.84. The lowest BCUT2D eigenvalue weighted by molar-refractivity contribution is -0.111. The zero-order chi connectivity index (χ0) is 10.3. The first kappa shape index (κ1) is 9.37. The van der Waals surface area contributed by atoms with E-state index in [1.165, 1.54) is 5.56 Å². The molecule has 2 heteroatoms.